The second-order valence-electron chi connectivity index (χ2n) is 3.40. The first-order valence-corrected chi connectivity index (χ1v) is 5.96. The molecule has 0 aliphatic carbocycles. The molecule has 1 unspecified atom stereocenters. The zero-order valence-electron chi connectivity index (χ0n) is 7.94. The van der Waals surface area contributed by atoms with Crippen LogP contribution in [0.1, 0.15) is 26.2 Å². The lowest BCUT2D eigenvalue weighted by Gasteiger charge is -2.22. The maximum absolute atomic E-state index is 3.99. The smallest absolute Gasteiger partial charge is 0.0164 e. The van der Waals surface area contributed by atoms with E-state index in [-0.39, 0.29) is 0 Å². The molecule has 0 amide bonds. The number of hydrogen-bond acceptors (Lipinski definition) is 2. The number of hydrogen-bond donors (Lipinski definition) is 1. The minimum absolute atomic E-state index is 0.743. The highest BCUT2D eigenvalue weighted by Crippen LogP contribution is 2.16. The van der Waals surface area contributed by atoms with Crippen LogP contribution in [0.2, 0.25) is 0 Å². The molecule has 0 aromatic carbocycles. The van der Waals surface area contributed by atoms with Gasteiger partial charge in [0.25, 0.3) is 0 Å². The molecule has 1 saturated heterocycles. The summed E-state index contributed by atoms with van der Waals surface area (Å²) in [5, 5.41) is 3.55. The van der Waals surface area contributed by atoms with Crippen LogP contribution in [0.3, 0.4) is 0 Å². The number of nitrogens with one attached hydrogen (secondary N) is 1. The van der Waals surface area contributed by atoms with Gasteiger partial charge in [0.15, 0.2) is 0 Å². The summed E-state index contributed by atoms with van der Waals surface area (Å²) in [6.07, 6.45) is 3.83. The quantitative estimate of drug-likeness (QED) is 0.675. The van der Waals surface area contributed by atoms with E-state index in [9.17, 15) is 0 Å². The van der Waals surface area contributed by atoms with Gasteiger partial charge in [0.05, 0.1) is 0 Å². The normalized spacial score (nSPS) is 23.9. The van der Waals surface area contributed by atoms with Crippen LogP contribution in [0.15, 0.2) is 12.2 Å². The third-order valence-corrected chi connectivity index (χ3v) is 3.52. The molecule has 1 nitrogen and oxygen atoms in total. The molecule has 0 spiro atoms. The molecule has 1 N–H and O–H groups in total. The van der Waals surface area contributed by atoms with Crippen molar-refractivity contribution in [2.24, 2.45) is 0 Å². The number of rotatable bonds is 4. The molecule has 0 aromatic rings. The molecule has 2 heteroatoms. The van der Waals surface area contributed by atoms with Gasteiger partial charge in [-0.2, -0.15) is 11.8 Å². The summed E-state index contributed by atoms with van der Waals surface area (Å²) in [6, 6.07) is 0.743. The highest BCUT2D eigenvalue weighted by molar-refractivity contribution is 7.99. The van der Waals surface area contributed by atoms with Gasteiger partial charge in [0.2, 0.25) is 0 Å². The van der Waals surface area contributed by atoms with Crippen LogP contribution >= 0.6 is 11.8 Å². The van der Waals surface area contributed by atoms with E-state index in [1.54, 1.807) is 0 Å². The lowest BCUT2D eigenvalue weighted by atomic mass is 10.1. The van der Waals surface area contributed by atoms with Crippen LogP contribution in [-0.4, -0.2) is 24.1 Å². The fraction of sp³-hybridized carbons (Fsp3) is 0.800. The molecule has 1 aliphatic heterocycles. The van der Waals surface area contributed by atoms with E-state index in [0.29, 0.717) is 0 Å². The van der Waals surface area contributed by atoms with Crippen LogP contribution in [0, 0.1) is 0 Å². The summed E-state index contributed by atoms with van der Waals surface area (Å²) in [4.78, 5) is 0. The summed E-state index contributed by atoms with van der Waals surface area (Å²) in [6.45, 7) is 7.17. The largest absolute Gasteiger partial charge is 0.309 e. The predicted molar refractivity (Wildman–Crippen MR) is 57.8 cm³/mol. The Bertz CT molecular complexity index is 139. The van der Waals surface area contributed by atoms with E-state index in [1.165, 1.54) is 29.9 Å². The lowest BCUT2D eigenvalue weighted by molar-refractivity contribution is 0.526. The molecular weight excluding hydrogens is 166 g/mol. The van der Waals surface area contributed by atoms with Gasteiger partial charge < -0.3 is 5.32 Å². The molecule has 1 fully saturated rings. The Morgan fingerprint density at radius 2 is 2.50 bits per heavy atom. The van der Waals surface area contributed by atoms with Gasteiger partial charge in [-0.3, -0.25) is 0 Å². The fourth-order valence-electron chi connectivity index (χ4n) is 1.32. The average molecular weight is 185 g/mol. The molecule has 1 heterocycles. The predicted octanol–water partition coefficient (Wildman–Crippen LogP) is 2.44. The topological polar surface area (TPSA) is 12.0 Å². The summed E-state index contributed by atoms with van der Waals surface area (Å²) in [7, 11) is 0. The molecule has 1 rings (SSSR count). The van der Waals surface area contributed by atoms with Crippen LogP contribution in [0.25, 0.3) is 0 Å². The van der Waals surface area contributed by atoms with Crippen molar-refractivity contribution in [1.29, 1.82) is 0 Å². The average Bonchev–Trinajstić information content (AvgIpc) is 2.16. The van der Waals surface area contributed by atoms with E-state index in [4.69, 9.17) is 0 Å². The Morgan fingerprint density at radius 3 is 3.08 bits per heavy atom. The maximum atomic E-state index is 3.99. The molecule has 0 bridgehead atoms. The van der Waals surface area contributed by atoms with Crippen molar-refractivity contribution in [3.8, 4) is 0 Å². The summed E-state index contributed by atoms with van der Waals surface area (Å²) >= 11 is 2.07. The Kier molecular flexibility index (Phi) is 4.77. The summed E-state index contributed by atoms with van der Waals surface area (Å²) in [5.41, 5.74) is 1.32. The monoisotopic (exact) mass is 185 g/mol. The zero-order valence-corrected chi connectivity index (χ0v) is 8.75. The molecule has 12 heavy (non-hydrogen) atoms. The SMILES string of the molecule is C=C(CC)CNC1CCCSC1. The maximum Gasteiger partial charge on any atom is 0.0164 e. The standard InChI is InChI=1S/C10H19NS/c1-3-9(2)7-11-10-5-4-6-12-8-10/h10-11H,2-8H2,1H3. The van der Waals surface area contributed by atoms with Gasteiger partial charge >= 0.3 is 0 Å². The minimum atomic E-state index is 0.743. The molecule has 1 aliphatic rings. The van der Waals surface area contributed by atoms with Crippen LogP contribution in [-0.2, 0) is 0 Å². The Morgan fingerprint density at radius 1 is 1.67 bits per heavy atom. The van der Waals surface area contributed by atoms with Crippen molar-refractivity contribution in [2.45, 2.75) is 32.2 Å². The summed E-state index contributed by atoms with van der Waals surface area (Å²) in [5.74, 6) is 2.64. The molecule has 0 radical (unpaired) electrons. The van der Waals surface area contributed by atoms with Crippen LogP contribution < -0.4 is 5.32 Å². The molecular formula is C10H19NS. The highest BCUT2D eigenvalue weighted by atomic mass is 32.2. The van der Waals surface area contributed by atoms with Crippen LogP contribution in [0.5, 0.6) is 0 Å². The Labute approximate surface area is 80.0 Å². The van der Waals surface area contributed by atoms with Gasteiger partial charge in [0, 0.05) is 18.3 Å². The second-order valence-corrected chi connectivity index (χ2v) is 4.55. The van der Waals surface area contributed by atoms with Crippen molar-refractivity contribution in [2.75, 3.05) is 18.1 Å². The highest BCUT2D eigenvalue weighted by Gasteiger charge is 2.12. The van der Waals surface area contributed by atoms with Crippen molar-refractivity contribution < 1.29 is 0 Å². The zero-order chi connectivity index (χ0) is 8.81. The first-order valence-electron chi connectivity index (χ1n) is 4.80. The Balaban J connectivity index is 2.09. The molecule has 1 atom stereocenters. The van der Waals surface area contributed by atoms with E-state index >= 15 is 0 Å². The summed E-state index contributed by atoms with van der Waals surface area (Å²) < 4.78 is 0. The van der Waals surface area contributed by atoms with Gasteiger partial charge in [-0.15, -0.1) is 0 Å². The van der Waals surface area contributed by atoms with Crippen LogP contribution in [0.4, 0.5) is 0 Å². The fourth-order valence-corrected chi connectivity index (χ4v) is 2.42. The van der Waals surface area contributed by atoms with Crippen molar-refractivity contribution >= 4 is 11.8 Å². The van der Waals surface area contributed by atoms with E-state index < -0.39 is 0 Å². The van der Waals surface area contributed by atoms with Gasteiger partial charge in [-0.1, -0.05) is 19.1 Å². The molecule has 0 saturated carbocycles. The first-order chi connectivity index (χ1) is 5.83. The third kappa shape index (κ3) is 3.63. The lowest BCUT2D eigenvalue weighted by Crippen LogP contribution is -2.34. The third-order valence-electron chi connectivity index (χ3n) is 2.30. The van der Waals surface area contributed by atoms with E-state index in [2.05, 4.69) is 30.6 Å². The van der Waals surface area contributed by atoms with Gasteiger partial charge in [-0.25, -0.2) is 0 Å². The Hall–Kier alpha value is 0.0500. The molecule has 70 valence electrons. The van der Waals surface area contributed by atoms with Crippen molar-refractivity contribution in [3.05, 3.63) is 12.2 Å². The first kappa shape index (κ1) is 10.1. The van der Waals surface area contributed by atoms with E-state index in [0.717, 1.165) is 19.0 Å². The van der Waals surface area contributed by atoms with Crippen molar-refractivity contribution in [1.82, 2.24) is 5.32 Å². The van der Waals surface area contributed by atoms with E-state index in [1.807, 2.05) is 0 Å². The molecule has 0 aromatic heterocycles. The second kappa shape index (κ2) is 5.65. The van der Waals surface area contributed by atoms with Gasteiger partial charge in [0.1, 0.15) is 0 Å². The number of thioether (sulfide) groups is 1. The van der Waals surface area contributed by atoms with Crippen molar-refractivity contribution in [3.63, 3.8) is 0 Å². The van der Waals surface area contributed by atoms with Gasteiger partial charge in [-0.05, 0) is 25.0 Å². The minimum Gasteiger partial charge on any atom is -0.309 e.